The number of hydrogen-bond donors (Lipinski definition) is 1. The van der Waals surface area contributed by atoms with Crippen LogP contribution in [-0.2, 0) is 4.79 Å². The summed E-state index contributed by atoms with van der Waals surface area (Å²) in [5, 5.41) is 3.16. The Hall–Kier alpha value is -0.610. The number of hydrogen-bond acceptors (Lipinski definition) is 3. The van der Waals surface area contributed by atoms with Crippen molar-refractivity contribution in [3.05, 3.63) is 0 Å². The van der Waals surface area contributed by atoms with Crippen LogP contribution in [0.5, 0.6) is 0 Å². The molecular weight excluding hydrogens is 250 g/mol. The topological polar surface area (TPSA) is 35.6 Å². The van der Waals surface area contributed by atoms with E-state index in [1.165, 1.54) is 0 Å². The van der Waals surface area contributed by atoms with Crippen molar-refractivity contribution in [1.82, 2.24) is 15.1 Å². The predicted molar refractivity (Wildman–Crippen MR) is 84.8 cm³/mol. The van der Waals surface area contributed by atoms with Gasteiger partial charge in [0.15, 0.2) is 0 Å². The summed E-state index contributed by atoms with van der Waals surface area (Å²) in [6.45, 7) is 13.9. The lowest BCUT2D eigenvalue weighted by atomic mass is 10.0. The van der Waals surface area contributed by atoms with Gasteiger partial charge < -0.3 is 10.2 Å². The summed E-state index contributed by atoms with van der Waals surface area (Å²) in [5.74, 6) is 0.923. The lowest BCUT2D eigenvalue weighted by molar-refractivity contribution is -0.125. The standard InChI is InChI=1S/C16H33N3O/c1-6-7-14(4)16(20)17-12-15(13(2)3)19-10-8-18(5)9-11-19/h13-15H,6-12H2,1-5H3,(H,17,20). The molecule has 0 bridgehead atoms. The van der Waals surface area contributed by atoms with E-state index in [-0.39, 0.29) is 11.8 Å². The highest BCUT2D eigenvalue weighted by Crippen LogP contribution is 2.13. The van der Waals surface area contributed by atoms with E-state index in [0.717, 1.165) is 45.6 Å². The number of piperazine rings is 1. The Balaban J connectivity index is 2.45. The molecular formula is C16H33N3O. The van der Waals surface area contributed by atoms with E-state index in [0.29, 0.717) is 12.0 Å². The van der Waals surface area contributed by atoms with Crippen molar-refractivity contribution in [2.24, 2.45) is 11.8 Å². The molecule has 1 N–H and O–H groups in total. The largest absolute Gasteiger partial charge is 0.354 e. The molecule has 1 fully saturated rings. The molecule has 4 nitrogen and oxygen atoms in total. The molecule has 4 heteroatoms. The molecule has 118 valence electrons. The zero-order chi connectivity index (χ0) is 15.1. The first-order valence-corrected chi connectivity index (χ1v) is 8.16. The van der Waals surface area contributed by atoms with E-state index in [9.17, 15) is 4.79 Å². The van der Waals surface area contributed by atoms with Crippen molar-refractivity contribution < 1.29 is 4.79 Å². The SMILES string of the molecule is CCCC(C)C(=O)NCC(C(C)C)N1CCN(C)CC1. The van der Waals surface area contributed by atoms with Gasteiger partial charge in [0.05, 0.1) is 0 Å². The summed E-state index contributed by atoms with van der Waals surface area (Å²) in [5.41, 5.74) is 0. The van der Waals surface area contributed by atoms with Gasteiger partial charge in [0.25, 0.3) is 0 Å². The van der Waals surface area contributed by atoms with Gasteiger partial charge in [0.1, 0.15) is 0 Å². The van der Waals surface area contributed by atoms with Crippen LogP contribution in [0.4, 0.5) is 0 Å². The summed E-state index contributed by atoms with van der Waals surface area (Å²) in [7, 11) is 2.18. The van der Waals surface area contributed by atoms with Crippen LogP contribution in [0.3, 0.4) is 0 Å². The third-order valence-electron chi connectivity index (χ3n) is 4.43. The number of nitrogens with one attached hydrogen (secondary N) is 1. The Morgan fingerprint density at radius 2 is 1.75 bits per heavy atom. The Labute approximate surface area is 124 Å². The average molecular weight is 283 g/mol. The van der Waals surface area contributed by atoms with E-state index >= 15 is 0 Å². The molecule has 1 amide bonds. The molecule has 2 unspecified atom stereocenters. The highest BCUT2D eigenvalue weighted by Gasteiger charge is 2.25. The predicted octanol–water partition coefficient (Wildman–Crippen LogP) is 1.81. The van der Waals surface area contributed by atoms with Gasteiger partial charge in [-0.05, 0) is 19.4 Å². The van der Waals surface area contributed by atoms with Crippen LogP contribution < -0.4 is 5.32 Å². The molecule has 0 aromatic rings. The normalized spacial score (nSPS) is 20.9. The maximum absolute atomic E-state index is 12.1. The second-order valence-electron chi connectivity index (χ2n) is 6.59. The summed E-state index contributed by atoms with van der Waals surface area (Å²) >= 11 is 0. The number of carbonyl (C=O) groups excluding carboxylic acids is 1. The summed E-state index contributed by atoms with van der Waals surface area (Å²) in [6.07, 6.45) is 2.05. The van der Waals surface area contributed by atoms with Crippen LogP contribution in [0.15, 0.2) is 0 Å². The van der Waals surface area contributed by atoms with Crippen molar-refractivity contribution in [2.45, 2.75) is 46.6 Å². The van der Waals surface area contributed by atoms with Gasteiger partial charge in [0, 0.05) is 44.7 Å². The molecule has 2 atom stereocenters. The second kappa shape index (κ2) is 8.63. The molecule has 1 aliphatic heterocycles. The number of rotatable bonds is 7. The molecule has 0 saturated carbocycles. The van der Waals surface area contributed by atoms with Gasteiger partial charge in [-0.15, -0.1) is 0 Å². The highest BCUT2D eigenvalue weighted by molar-refractivity contribution is 5.78. The van der Waals surface area contributed by atoms with Crippen LogP contribution >= 0.6 is 0 Å². The fraction of sp³-hybridized carbons (Fsp3) is 0.938. The minimum atomic E-state index is 0.139. The minimum absolute atomic E-state index is 0.139. The van der Waals surface area contributed by atoms with Crippen molar-refractivity contribution in [3.8, 4) is 0 Å². The van der Waals surface area contributed by atoms with E-state index in [4.69, 9.17) is 0 Å². The maximum Gasteiger partial charge on any atom is 0.222 e. The molecule has 20 heavy (non-hydrogen) atoms. The third-order valence-corrected chi connectivity index (χ3v) is 4.43. The smallest absolute Gasteiger partial charge is 0.222 e. The summed E-state index contributed by atoms with van der Waals surface area (Å²) in [6, 6.07) is 0.460. The maximum atomic E-state index is 12.1. The Morgan fingerprint density at radius 1 is 1.15 bits per heavy atom. The molecule has 0 aromatic carbocycles. The zero-order valence-electron chi connectivity index (χ0n) is 14.0. The van der Waals surface area contributed by atoms with Crippen molar-refractivity contribution >= 4 is 5.91 Å². The van der Waals surface area contributed by atoms with Gasteiger partial charge in [0.2, 0.25) is 5.91 Å². The van der Waals surface area contributed by atoms with E-state index < -0.39 is 0 Å². The van der Waals surface area contributed by atoms with E-state index in [2.05, 4.69) is 42.9 Å². The Bertz CT molecular complexity index is 285. The van der Waals surface area contributed by atoms with Crippen molar-refractivity contribution in [3.63, 3.8) is 0 Å². The monoisotopic (exact) mass is 283 g/mol. The van der Waals surface area contributed by atoms with Crippen molar-refractivity contribution in [1.29, 1.82) is 0 Å². The van der Waals surface area contributed by atoms with Gasteiger partial charge >= 0.3 is 0 Å². The van der Waals surface area contributed by atoms with Crippen LogP contribution in [0.25, 0.3) is 0 Å². The fourth-order valence-corrected chi connectivity index (χ4v) is 2.88. The Kier molecular flexibility index (Phi) is 7.52. The minimum Gasteiger partial charge on any atom is -0.354 e. The first-order chi connectivity index (χ1) is 9.45. The van der Waals surface area contributed by atoms with Crippen LogP contribution in [0.2, 0.25) is 0 Å². The van der Waals surface area contributed by atoms with Crippen LogP contribution in [0.1, 0.15) is 40.5 Å². The average Bonchev–Trinajstić information content (AvgIpc) is 2.40. The molecule has 0 spiro atoms. The number of likely N-dealkylation sites (N-methyl/N-ethyl adjacent to an activating group) is 1. The molecule has 1 saturated heterocycles. The Morgan fingerprint density at radius 3 is 2.25 bits per heavy atom. The van der Waals surface area contributed by atoms with Crippen LogP contribution in [0, 0.1) is 11.8 Å². The van der Waals surface area contributed by atoms with Gasteiger partial charge in [-0.25, -0.2) is 0 Å². The summed E-state index contributed by atoms with van der Waals surface area (Å²) in [4.78, 5) is 17.0. The van der Waals surface area contributed by atoms with E-state index in [1.807, 2.05) is 6.92 Å². The van der Waals surface area contributed by atoms with Crippen LogP contribution in [-0.4, -0.2) is 61.5 Å². The molecule has 0 aromatic heterocycles. The first-order valence-electron chi connectivity index (χ1n) is 8.16. The van der Waals surface area contributed by atoms with Crippen molar-refractivity contribution in [2.75, 3.05) is 39.8 Å². The molecule has 1 heterocycles. The second-order valence-corrected chi connectivity index (χ2v) is 6.59. The molecule has 0 radical (unpaired) electrons. The lowest BCUT2D eigenvalue weighted by Crippen LogP contribution is -2.54. The van der Waals surface area contributed by atoms with Gasteiger partial charge in [-0.3, -0.25) is 9.69 Å². The number of carbonyl (C=O) groups is 1. The fourth-order valence-electron chi connectivity index (χ4n) is 2.88. The zero-order valence-corrected chi connectivity index (χ0v) is 14.0. The number of nitrogens with zero attached hydrogens (tertiary/aromatic N) is 2. The van der Waals surface area contributed by atoms with Gasteiger partial charge in [-0.1, -0.05) is 34.1 Å². The third kappa shape index (κ3) is 5.41. The quantitative estimate of drug-likeness (QED) is 0.774. The van der Waals surface area contributed by atoms with E-state index in [1.54, 1.807) is 0 Å². The first kappa shape index (κ1) is 17.4. The highest BCUT2D eigenvalue weighted by atomic mass is 16.1. The summed E-state index contributed by atoms with van der Waals surface area (Å²) < 4.78 is 0. The molecule has 1 rings (SSSR count). The molecule has 1 aliphatic rings. The number of amides is 1. The lowest BCUT2D eigenvalue weighted by Gasteiger charge is -2.40. The molecule has 0 aliphatic carbocycles. The van der Waals surface area contributed by atoms with Gasteiger partial charge in [-0.2, -0.15) is 0 Å².